The zero-order chi connectivity index (χ0) is 17.6. The lowest BCUT2D eigenvalue weighted by Gasteiger charge is -1.99. The van der Waals surface area contributed by atoms with Crippen molar-refractivity contribution in [3.63, 3.8) is 0 Å². The number of aromatic nitrogens is 1. The van der Waals surface area contributed by atoms with Crippen LogP contribution in [-0.2, 0) is 4.79 Å². The Morgan fingerprint density at radius 1 is 1.24 bits per heavy atom. The Morgan fingerprint density at radius 2 is 2.04 bits per heavy atom. The third-order valence-corrected chi connectivity index (χ3v) is 4.65. The van der Waals surface area contributed by atoms with Crippen LogP contribution in [0.1, 0.15) is 5.56 Å². The lowest BCUT2D eigenvalue weighted by Crippen LogP contribution is -2.07. The third-order valence-electron chi connectivity index (χ3n) is 3.40. The molecule has 3 aromatic rings. The normalized spacial score (nSPS) is 10.8. The van der Waals surface area contributed by atoms with Gasteiger partial charge in [0.25, 0.3) is 0 Å². The van der Waals surface area contributed by atoms with Crippen LogP contribution in [0.15, 0.2) is 64.5 Å². The molecule has 1 heterocycles. The molecular formula is C19H15BrN2O2S. The molecule has 2 aromatic carbocycles. The first-order valence-corrected chi connectivity index (χ1v) is 9.16. The molecule has 1 aromatic heterocycles. The summed E-state index contributed by atoms with van der Waals surface area (Å²) in [5, 5.41) is 5.27. The molecule has 0 aliphatic heterocycles. The average molecular weight is 415 g/mol. The highest BCUT2D eigenvalue weighted by Gasteiger charge is 2.06. The standard InChI is InChI=1S/C19H15BrN2O2S/c1-24-16-8-5-13(6-9-16)7-10-18(23)22-19-21-17(12-25-19)14-3-2-4-15(20)11-14/h2-12H,1H3,(H,21,22,23)/b10-7+. The number of benzene rings is 2. The van der Waals surface area contributed by atoms with Crippen molar-refractivity contribution in [2.45, 2.75) is 0 Å². The van der Waals surface area contributed by atoms with E-state index in [1.165, 1.54) is 17.4 Å². The summed E-state index contributed by atoms with van der Waals surface area (Å²) in [6.45, 7) is 0. The smallest absolute Gasteiger partial charge is 0.250 e. The molecule has 25 heavy (non-hydrogen) atoms. The van der Waals surface area contributed by atoms with Gasteiger partial charge >= 0.3 is 0 Å². The van der Waals surface area contributed by atoms with Gasteiger partial charge in [-0.1, -0.05) is 40.2 Å². The number of hydrogen-bond acceptors (Lipinski definition) is 4. The van der Waals surface area contributed by atoms with E-state index in [9.17, 15) is 4.79 Å². The second kappa shape index (κ2) is 8.09. The van der Waals surface area contributed by atoms with E-state index in [1.54, 1.807) is 13.2 Å². The van der Waals surface area contributed by atoms with E-state index in [4.69, 9.17) is 4.74 Å². The molecule has 0 bridgehead atoms. The number of carbonyl (C=O) groups is 1. The van der Waals surface area contributed by atoms with Crippen molar-refractivity contribution in [3.05, 3.63) is 70.0 Å². The lowest BCUT2D eigenvalue weighted by atomic mass is 10.2. The first kappa shape index (κ1) is 17.4. The number of halogens is 1. The molecule has 1 N–H and O–H groups in total. The van der Waals surface area contributed by atoms with Crippen molar-refractivity contribution in [2.75, 3.05) is 12.4 Å². The molecule has 0 saturated carbocycles. The van der Waals surface area contributed by atoms with Crippen molar-refractivity contribution in [2.24, 2.45) is 0 Å². The molecular weight excluding hydrogens is 400 g/mol. The number of carbonyl (C=O) groups excluding carboxylic acids is 1. The molecule has 0 aliphatic rings. The highest BCUT2D eigenvalue weighted by atomic mass is 79.9. The SMILES string of the molecule is COc1ccc(/C=C/C(=O)Nc2nc(-c3cccc(Br)c3)cs2)cc1. The Kier molecular flexibility index (Phi) is 5.63. The summed E-state index contributed by atoms with van der Waals surface area (Å²) in [5.41, 5.74) is 2.76. The minimum Gasteiger partial charge on any atom is -0.497 e. The molecule has 0 spiro atoms. The number of methoxy groups -OCH3 is 1. The van der Waals surface area contributed by atoms with Crippen LogP contribution in [-0.4, -0.2) is 18.0 Å². The summed E-state index contributed by atoms with van der Waals surface area (Å²) < 4.78 is 6.10. The molecule has 0 aliphatic carbocycles. The minimum absolute atomic E-state index is 0.217. The number of hydrogen-bond donors (Lipinski definition) is 1. The molecule has 0 unspecified atom stereocenters. The van der Waals surface area contributed by atoms with E-state index in [0.29, 0.717) is 5.13 Å². The highest BCUT2D eigenvalue weighted by Crippen LogP contribution is 2.26. The van der Waals surface area contributed by atoms with Gasteiger partial charge in [0, 0.05) is 21.5 Å². The summed E-state index contributed by atoms with van der Waals surface area (Å²) in [4.78, 5) is 16.5. The molecule has 4 nitrogen and oxygen atoms in total. The summed E-state index contributed by atoms with van der Waals surface area (Å²) >= 11 is 4.84. The lowest BCUT2D eigenvalue weighted by molar-refractivity contribution is -0.111. The number of rotatable bonds is 5. The largest absolute Gasteiger partial charge is 0.497 e. The fourth-order valence-corrected chi connectivity index (χ4v) is 3.27. The Hall–Kier alpha value is -2.44. The van der Waals surface area contributed by atoms with Crippen LogP contribution in [0.5, 0.6) is 5.75 Å². The maximum atomic E-state index is 12.0. The maximum absolute atomic E-state index is 12.0. The molecule has 0 atom stereocenters. The van der Waals surface area contributed by atoms with Gasteiger partial charge in [-0.05, 0) is 35.9 Å². The van der Waals surface area contributed by atoms with Crippen LogP contribution in [0, 0.1) is 0 Å². The number of nitrogens with zero attached hydrogens (tertiary/aromatic N) is 1. The topological polar surface area (TPSA) is 51.2 Å². The second-order valence-electron chi connectivity index (χ2n) is 5.14. The Labute approximate surface area is 158 Å². The van der Waals surface area contributed by atoms with Gasteiger partial charge in [-0.15, -0.1) is 11.3 Å². The van der Waals surface area contributed by atoms with Crippen molar-refractivity contribution in [3.8, 4) is 17.0 Å². The van der Waals surface area contributed by atoms with Crippen LogP contribution >= 0.6 is 27.3 Å². The quantitative estimate of drug-likeness (QED) is 0.581. The zero-order valence-corrected chi connectivity index (χ0v) is 15.8. The first-order chi connectivity index (χ1) is 12.1. The van der Waals surface area contributed by atoms with E-state index in [0.717, 1.165) is 27.0 Å². The van der Waals surface area contributed by atoms with Crippen LogP contribution in [0.3, 0.4) is 0 Å². The van der Waals surface area contributed by atoms with Crippen molar-refractivity contribution in [1.29, 1.82) is 0 Å². The van der Waals surface area contributed by atoms with Gasteiger partial charge in [0.15, 0.2) is 5.13 Å². The van der Waals surface area contributed by atoms with Crippen molar-refractivity contribution in [1.82, 2.24) is 4.98 Å². The summed E-state index contributed by atoms with van der Waals surface area (Å²) in [6.07, 6.45) is 3.24. The summed E-state index contributed by atoms with van der Waals surface area (Å²) in [7, 11) is 1.62. The Bertz CT molecular complexity index is 904. The van der Waals surface area contributed by atoms with Crippen LogP contribution < -0.4 is 10.1 Å². The van der Waals surface area contributed by atoms with Gasteiger partial charge < -0.3 is 4.74 Å². The number of amides is 1. The van der Waals surface area contributed by atoms with Gasteiger partial charge in [0.05, 0.1) is 12.8 Å². The van der Waals surface area contributed by atoms with Crippen LogP contribution in [0.25, 0.3) is 17.3 Å². The van der Waals surface area contributed by atoms with E-state index in [2.05, 4.69) is 26.2 Å². The van der Waals surface area contributed by atoms with Crippen LogP contribution in [0.4, 0.5) is 5.13 Å². The summed E-state index contributed by atoms with van der Waals surface area (Å²) in [5.74, 6) is 0.565. The van der Waals surface area contributed by atoms with E-state index in [1.807, 2.05) is 53.9 Å². The van der Waals surface area contributed by atoms with Gasteiger partial charge in [-0.25, -0.2) is 4.98 Å². The average Bonchev–Trinajstić information content (AvgIpc) is 3.09. The summed E-state index contributed by atoms with van der Waals surface area (Å²) in [6, 6.07) is 15.4. The first-order valence-electron chi connectivity index (χ1n) is 7.48. The zero-order valence-electron chi connectivity index (χ0n) is 13.4. The van der Waals surface area contributed by atoms with Gasteiger partial charge in [-0.3, -0.25) is 10.1 Å². The van der Waals surface area contributed by atoms with E-state index >= 15 is 0 Å². The Morgan fingerprint density at radius 3 is 2.76 bits per heavy atom. The third kappa shape index (κ3) is 4.78. The monoisotopic (exact) mass is 414 g/mol. The molecule has 3 rings (SSSR count). The van der Waals surface area contributed by atoms with Gasteiger partial charge in [0.1, 0.15) is 5.75 Å². The molecule has 0 saturated heterocycles. The van der Waals surface area contributed by atoms with Crippen molar-refractivity contribution >= 4 is 44.4 Å². The molecule has 0 fully saturated rings. The molecule has 1 amide bonds. The van der Waals surface area contributed by atoms with Gasteiger partial charge in [0.2, 0.25) is 5.91 Å². The fourth-order valence-electron chi connectivity index (χ4n) is 2.15. The predicted molar refractivity (Wildman–Crippen MR) is 106 cm³/mol. The van der Waals surface area contributed by atoms with Crippen LogP contribution in [0.2, 0.25) is 0 Å². The van der Waals surface area contributed by atoms with E-state index in [-0.39, 0.29) is 5.91 Å². The molecule has 0 radical (unpaired) electrons. The predicted octanol–water partition coefficient (Wildman–Crippen LogP) is 5.23. The maximum Gasteiger partial charge on any atom is 0.250 e. The van der Waals surface area contributed by atoms with E-state index < -0.39 is 0 Å². The molecule has 6 heteroatoms. The highest BCUT2D eigenvalue weighted by molar-refractivity contribution is 9.10. The van der Waals surface area contributed by atoms with Crippen molar-refractivity contribution < 1.29 is 9.53 Å². The second-order valence-corrected chi connectivity index (χ2v) is 6.92. The number of nitrogens with one attached hydrogen (secondary N) is 1. The number of ether oxygens (including phenoxy) is 1. The Balaban J connectivity index is 1.64. The molecule has 126 valence electrons. The van der Waals surface area contributed by atoms with Gasteiger partial charge in [-0.2, -0.15) is 0 Å². The minimum atomic E-state index is -0.217. The fraction of sp³-hybridized carbons (Fsp3) is 0.0526. The number of thiazole rings is 1. The number of anilines is 1.